The van der Waals surface area contributed by atoms with Gasteiger partial charge in [-0.1, -0.05) is 12.2 Å². The molecule has 0 amide bonds. The van der Waals surface area contributed by atoms with Gasteiger partial charge in [-0.2, -0.15) is 0 Å². The molecular formula is C14H21N3OS. The lowest BCUT2D eigenvalue weighted by atomic mass is 10.2. The molecule has 104 valence electrons. The molecule has 5 heteroatoms. The van der Waals surface area contributed by atoms with Gasteiger partial charge in [0.2, 0.25) is 0 Å². The first kappa shape index (κ1) is 14.2. The van der Waals surface area contributed by atoms with E-state index in [9.17, 15) is 0 Å². The van der Waals surface area contributed by atoms with E-state index in [2.05, 4.69) is 9.88 Å². The molecule has 0 bridgehead atoms. The van der Waals surface area contributed by atoms with Crippen molar-refractivity contribution in [3.8, 4) is 0 Å². The second-order valence-electron chi connectivity index (χ2n) is 5.16. The highest BCUT2D eigenvalue weighted by Gasteiger charge is 2.21. The van der Waals surface area contributed by atoms with Crippen molar-refractivity contribution in [2.75, 3.05) is 31.7 Å². The van der Waals surface area contributed by atoms with Crippen molar-refractivity contribution in [1.82, 2.24) is 4.98 Å². The molecule has 0 aliphatic heterocycles. The van der Waals surface area contributed by atoms with Crippen LogP contribution in [-0.2, 0) is 4.74 Å². The highest BCUT2D eigenvalue weighted by molar-refractivity contribution is 7.80. The van der Waals surface area contributed by atoms with E-state index < -0.39 is 0 Å². The van der Waals surface area contributed by atoms with Crippen LogP contribution in [0.3, 0.4) is 0 Å². The second-order valence-corrected chi connectivity index (χ2v) is 5.60. The zero-order valence-electron chi connectivity index (χ0n) is 11.6. The van der Waals surface area contributed by atoms with Gasteiger partial charge in [0.1, 0.15) is 10.8 Å². The Bertz CT molecular complexity index is 460. The van der Waals surface area contributed by atoms with E-state index >= 15 is 0 Å². The number of aromatic nitrogens is 1. The van der Waals surface area contributed by atoms with Crippen LogP contribution >= 0.6 is 12.2 Å². The van der Waals surface area contributed by atoms with Crippen molar-refractivity contribution in [2.45, 2.75) is 19.8 Å². The fourth-order valence-electron chi connectivity index (χ4n) is 1.84. The largest absolute Gasteiger partial charge is 0.389 e. The Morgan fingerprint density at radius 3 is 2.89 bits per heavy atom. The van der Waals surface area contributed by atoms with E-state index in [1.54, 1.807) is 0 Å². The maximum Gasteiger partial charge on any atom is 0.129 e. The topological polar surface area (TPSA) is 51.4 Å². The third kappa shape index (κ3) is 4.44. The number of thiocarbonyl (C=S) groups is 1. The van der Waals surface area contributed by atoms with Crippen LogP contribution in [-0.4, -0.2) is 36.8 Å². The van der Waals surface area contributed by atoms with Crippen molar-refractivity contribution in [1.29, 1.82) is 0 Å². The molecule has 0 atom stereocenters. The average molecular weight is 279 g/mol. The number of hydrogen-bond donors (Lipinski definition) is 1. The summed E-state index contributed by atoms with van der Waals surface area (Å²) in [7, 11) is 2.01. The van der Waals surface area contributed by atoms with Crippen LogP contribution in [0.15, 0.2) is 12.1 Å². The maximum absolute atomic E-state index is 5.67. The molecule has 1 heterocycles. The fraction of sp³-hybridized carbons (Fsp3) is 0.571. The smallest absolute Gasteiger partial charge is 0.129 e. The van der Waals surface area contributed by atoms with E-state index in [1.165, 1.54) is 12.8 Å². The van der Waals surface area contributed by atoms with E-state index in [0.29, 0.717) is 4.99 Å². The molecule has 19 heavy (non-hydrogen) atoms. The molecule has 0 spiro atoms. The molecule has 2 rings (SSSR count). The maximum atomic E-state index is 5.67. The van der Waals surface area contributed by atoms with Gasteiger partial charge in [0, 0.05) is 31.5 Å². The Hall–Kier alpha value is -1.20. The van der Waals surface area contributed by atoms with Crippen LogP contribution in [0.5, 0.6) is 0 Å². The molecule has 0 saturated heterocycles. The first-order valence-electron chi connectivity index (χ1n) is 6.63. The number of hydrogen-bond acceptors (Lipinski definition) is 4. The summed E-state index contributed by atoms with van der Waals surface area (Å²) in [5, 5.41) is 0. The van der Waals surface area contributed by atoms with Crippen molar-refractivity contribution in [3.63, 3.8) is 0 Å². The average Bonchev–Trinajstić information content (AvgIpc) is 3.17. The van der Waals surface area contributed by atoms with E-state index in [1.807, 2.05) is 26.1 Å². The van der Waals surface area contributed by atoms with Crippen molar-refractivity contribution < 1.29 is 4.74 Å². The van der Waals surface area contributed by atoms with Gasteiger partial charge < -0.3 is 15.4 Å². The predicted molar refractivity (Wildman–Crippen MR) is 81.7 cm³/mol. The highest BCUT2D eigenvalue weighted by Crippen LogP contribution is 2.28. The van der Waals surface area contributed by atoms with Gasteiger partial charge in [-0.05, 0) is 37.8 Å². The van der Waals surface area contributed by atoms with Crippen LogP contribution < -0.4 is 10.6 Å². The van der Waals surface area contributed by atoms with Crippen LogP contribution in [0.4, 0.5) is 5.82 Å². The van der Waals surface area contributed by atoms with Gasteiger partial charge in [0.15, 0.2) is 0 Å². The Morgan fingerprint density at radius 1 is 1.53 bits per heavy atom. The first-order chi connectivity index (χ1) is 9.06. The number of aryl methyl sites for hydroxylation is 1. The Morgan fingerprint density at radius 2 is 2.26 bits per heavy atom. The van der Waals surface area contributed by atoms with E-state index in [4.69, 9.17) is 22.7 Å². The molecule has 1 saturated carbocycles. The fourth-order valence-corrected chi connectivity index (χ4v) is 1.96. The molecule has 0 radical (unpaired) electrons. The number of nitrogens with two attached hydrogens (primary N) is 1. The van der Waals surface area contributed by atoms with E-state index in [0.717, 1.165) is 42.8 Å². The number of nitrogens with zero attached hydrogens (tertiary/aromatic N) is 2. The monoisotopic (exact) mass is 279 g/mol. The number of pyridine rings is 1. The summed E-state index contributed by atoms with van der Waals surface area (Å²) < 4.78 is 5.64. The minimum absolute atomic E-state index is 0.408. The Balaban J connectivity index is 1.89. The van der Waals surface area contributed by atoms with Crippen LogP contribution in [0.25, 0.3) is 0 Å². The van der Waals surface area contributed by atoms with Crippen molar-refractivity contribution >= 4 is 23.0 Å². The normalized spacial score (nSPS) is 14.4. The van der Waals surface area contributed by atoms with Gasteiger partial charge in [-0.3, -0.25) is 0 Å². The third-order valence-corrected chi connectivity index (χ3v) is 3.47. The zero-order chi connectivity index (χ0) is 13.8. The summed E-state index contributed by atoms with van der Waals surface area (Å²) in [6, 6.07) is 3.83. The van der Waals surface area contributed by atoms with Crippen LogP contribution in [0, 0.1) is 12.8 Å². The lowest BCUT2D eigenvalue weighted by Crippen LogP contribution is -2.24. The molecule has 1 aliphatic carbocycles. The summed E-state index contributed by atoms with van der Waals surface area (Å²) in [5.41, 5.74) is 7.46. The highest BCUT2D eigenvalue weighted by atomic mass is 32.1. The van der Waals surface area contributed by atoms with Crippen molar-refractivity contribution in [2.24, 2.45) is 11.7 Å². The zero-order valence-corrected chi connectivity index (χ0v) is 12.4. The molecule has 1 fully saturated rings. The molecule has 0 aromatic carbocycles. The van der Waals surface area contributed by atoms with Gasteiger partial charge in [0.05, 0.1) is 6.61 Å². The molecule has 0 unspecified atom stereocenters. The lowest BCUT2D eigenvalue weighted by Gasteiger charge is -2.19. The summed E-state index contributed by atoms with van der Waals surface area (Å²) in [4.78, 5) is 6.98. The van der Waals surface area contributed by atoms with E-state index in [-0.39, 0.29) is 0 Å². The second kappa shape index (κ2) is 6.30. The standard InChI is InChI=1S/C14H21N3OS/c1-10-7-12(14(15)19)8-13(16-10)17(2)5-6-18-9-11-3-4-11/h7-8,11H,3-6,9H2,1-2H3,(H2,15,19). The van der Waals surface area contributed by atoms with Gasteiger partial charge in [0.25, 0.3) is 0 Å². The minimum Gasteiger partial charge on any atom is -0.389 e. The lowest BCUT2D eigenvalue weighted by molar-refractivity contribution is 0.131. The number of anilines is 1. The van der Waals surface area contributed by atoms with Crippen LogP contribution in [0.2, 0.25) is 0 Å². The molecule has 4 nitrogen and oxygen atoms in total. The SMILES string of the molecule is Cc1cc(C(N)=S)cc(N(C)CCOCC2CC2)n1. The van der Waals surface area contributed by atoms with Gasteiger partial charge in [-0.15, -0.1) is 0 Å². The first-order valence-corrected chi connectivity index (χ1v) is 7.04. The summed E-state index contributed by atoms with van der Waals surface area (Å²) in [6.45, 7) is 4.39. The minimum atomic E-state index is 0.408. The molecule has 1 aliphatic rings. The number of ether oxygens (including phenoxy) is 1. The summed E-state index contributed by atoms with van der Waals surface area (Å²) in [5.74, 6) is 1.70. The Kier molecular flexibility index (Phi) is 4.71. The summed E-state index contributed by atoms with van der Waals surface area (Å²) in [6.07, 6.45) is 2.65. The number of rotatable bonds is 7. The quantitative estimate of drug-likeness (QED) is 0.610. The molecule has 1 aromatic rings. The Labute approximate surface area is 120 Å². The molecule has 2 N–H and O–H groups in total. The molecule has 1 aromatic heterocycles. The van der Waals surface area contributed by atoms with Crippen LogP contribution in [0.1, 0.15) is 24.1 Å². The predicted octanol–water partition coefficient (Wildman–Crippen LogP) is 1.89. The van der Waals surface area contributed by atoms with Gasteiger partial charge >= 0.3 is 0 Å². The molecular weight excluding hydrogens is 258 g/mol. The van der Waals surface area contributed by atoms with Crippen molar-refractivity contribution in [3.05, 3.63) is 23.4 Å². The van der Waals surface area contributed by atoms with Gasteiger partial charge in [-0.25, -0.2) is 4.98 Å². The summed E-state index contributed by atoms with van der Waals surface area (Å²) >= 11 is 5.02. The number of likely N-dealkylation sites (N-methyl/N-ethyl adjacent to an activating group) is 1. The third-order valence-electron chi connectivity index (χ3n) is 3.24.